The molecule has 0 saturated heterocycles. The zero-order chi connectivity index (χ0) is 24.5. The summed E-state index contributed by atoms with van der Waals surface area (Å²) in [4.78, 5) is 29.8. The third-order valence-electron chi connectivity index (χ3n) is 5.29. The van der Waals surface area contributed by atoms with Crippen LogP contribution in [0.3, 0.4) is 0 Å². The molecular weight excluding hydrogens is 476 g/mol. The fraction of sp³-hybridized carbons (Fsp3) is 0.125. The van der Waals surface area contributed by atoms with E-state index < -0.39 is 21.8 Å². The highest BCUT2D eigenvalue weighted by molar-refractivity contribution is 7.90. The minimum absolute atomic E-state index is 0.0455. The van der Waals surface area contributed by atoms with Crippen molar-refractivity contribution < 1.29 is 18.0 Å². The summed E-state index contributed by atoms with van der Waals surface area (Å²) >= 11 is 6.33. The predicted octanol–water partition coefficient (Wildman–Crippen LogP) is 4.55. The van der Waals surface area contributed by atoms with Gasteiger partial charge in [0.15, 0.2) is 9.84 Å². The van der Waals surface area contributed by atoms with Crippen LogP contribution in [0.4, 0.5) is 11.4 Å². The Labute approximate surface area is 201 Å². The van der Waals surface area contributed by atoms with E-state index in [4.69, 9.17) is 11.6 Å². The van der Waals surface area contributed by atoms with Gasteiger partial charge in [0.05, 0.1) is 33.0 Å². The summed E-state index contributed by atoms with van der Waals surface area (Å²) < 4.78 is 25.3. The zero-order valence-corrected chi connectivity index (χ0v) is 19.9. The Bertz CT molecular complexity index is 1510. The molecule has 0 aliphatic heterocycles. The van der Waals surface area contributed by atoms with Crippen molar-refractivity contribution in [2.75, 3.05) is 16.9 Å². The van der Waals surface area contributed by atoms with Gasteiger partial charge in [-0.2, -0.15) is 0 Å². The van der Waals surface area contributed by atoms with Crippen LogP contribution < -0.4 is 10.6 Å². The lowest BCUT2D eigenvalue weighted by atomic mass is 10.2. The molecule has 10 heteroatoms. The maximum Gasteiger partial charge on any atom is 0.255 e. The zero-order valence-electron chi connectivity index (χ0n) is 18.3. The van der Waals surface area contributed by atoms with E-state index in [1.807, 2.05) is 24.3 Å². The Hall–Kier alpha value is -3.69. The van der Waals surface area contributed by atoms with E-state index in [0.717, 1.165) is 17.3 Å². The molecule has 1 heterocycles. The topological polar surface area (TPSA) is 110 Å². The number of hydrogen-bond donors (Lipinski definition) is 2. The second kappa shape index (κ2) is 9.28. The predicted molar refractivity (Wildman–Crippen MR) is 132 cm³/mol. The average molecular weight is 497 g/mol. The van der Waals surface area contributed by atoms with Crippen molar-refractivity contribution >= 4 is 55.7 Å². The van der Waals surface area contributed by atoms with Gasteiger partial charge < -0.3 is 15.2 Å². The van der Waals surface area contributed by atoms with E-state index in [2.05, 4.69) is 15.6 Å². The molecule has 3 aromatic carbocycles. The monoisotopic (exact) mass is 496 g/mol. The molecule has 1 aromatic heterocycles. The first-order valence-corrected chi connectivity index (χ1v) is 12.5. The number of imidazole rings is 1. The average Bonchev–Trinajstić information content (AvgIpc) is 3.24. The van der Waals surface area contributed by atoms with Gasteiger partial charge in [0.1, 0.15) is 6.04 Å². The number of nitrogens with zero attached hydrogens (tertiary/aromatic N) is 2. The molecule has 0 aliphatic rings. The molecule has 0 fully saturated rings. The molecule has 1 atom stereocenters. The van der Waals surface area contributed by atoms with Crippen LogP contribution >= 0.6 is 11.6 Å². The number of aromatic nitrogens is 2. The Morgan fingerprint density at radius 3 is 2.50 bits per heavy atom. The van der Waals surface area contributed by atoms with Crippen molar-refractivity contribution in [3.05, 3.63) is 83.6 Å². The number of hydrogen-bond acceptors (Lipinski definition) is 5. The van der Waals surface area contributed by atoms with Crippen LogP contribution in [0.5, 0.6) is 0 Å². The quantitative estimate of drug-likeness (QED) is 0.407. The summed E-state index contributed by atoms with van der Waals surface area (Å²) in [7, 11) is -3.44. The molecule has 2 amide bonds. The van der Waals surface area contributed by atoms with E-state index in [9.17, 15) is 18.0 Å². The first-order valence-electron chi connectivity index (χ1n) is 10.3. The maximum absolute atomic E-state index is 12.8. The molecule has 1 unspecified atom stereocenters. The van der Waals surface area contributed by atoms with Crippen molar-refractivity contribution in [1.82, 2.24) is 9.55 Å². The second-order valence-corrected chi connectivity index (χ2v) is 10.2. The molecule has 4 rings (SSSR count). The fourth-order valence-corrected chi connectivity index (χ4v) is 4.31. The summed E-state index contributed by atoms with van der Waals surface area (Å²) in [5.41, 5.74) is 2.61. The SMILES string of the molecule is CC(C(=O)Nc1ccc(NC(=O)c2cccc(S(C)(=O)=O)c2)c(Cl)c1)n1cnc2ccccc21. The number of halogens is 1. The van der Waals surface area contributed by atoms with Crippen LogP contribution in [0.15, 0.2) is 78.0 Å². The van der Waals surface area contributed by atoms with Gasteiger partial charge in [0, 0.05) is 17.5 Å². The normalized spacial score (nSPS) is 12.3. The molecule has 0 bridgehead atoms. The molecule has 34 heavy (non-hydrogen) atoms. The fourth-order valence-electron chi connectivity index (χ4n) is 3.42. The summed E-state index contributed by atoms with van der Waals surface area (Å²) in [6.45, 7) is 1.77. The van der Waals surface area contributed by atoms with Gasteiger partial charge in [-0.15, -0.1) is 0 Å². The Morgan fingerprint density at radius 1 is 1.00 bits per heavy atom. The van der Waals surface area contributed by atoms with Gasteiger partial charge in [-0.1, -0.05) is 29.8 Å². The highest BCUT2D eigenvalue weighted by Gasteiger charge is 2.18. The van der Waals surface area contributed by atoms with Crippen molar-refractivity contribution in [1.29, 1.82) is 0 Å². The van der Waals surface area contributed by atoms with E-state index in [1.54, 1.807) is 30.0 Å². The van der Waals surface area contributed by atoms with Crippen LogP contribution in [0.2, 0.25) is 5.02 Å². The highest BCUT2D eigenvalue weighted by atomic mass is 35.5. The van der Waals surface area contributed by atoms with Crippen molar-refractivity contribution in [3.63, 3.8) is 0 Å². The Balaban J connectivity index is 1.47. The standard InChI is InChI=1S/C24H21ClN4O4S/c1-15(29-14-26-21-8-3-4-9-22(21)29)23(30)27-17-10-11-20(19(25)13-17)28-24(31)16-6-5-7-18(12-16)34(2,32)33/h3-15H,1-2H3,(H,27,30)(H,28,31). The van der Waals surface area contributed by atoms with Crippen LogP contribution in [0.25, 0.3) is 11.0 Å². The molecule has 0 radical (unpaired) electrons. The number of rotatable bonds is 6. The van der Waals surface area contributed by atoms with Gasteiger partial charge in [-0.25, -0.2) is 13.4 Å². The third kappa shape index (κ3) is 4.95. The largest absolute Gasteiger partial charge is 0.324 e. The number of para-hydroxylation sites is 2. The highest BCUT2D eigenvalue weighted by Crippen LogP contribution is 2.27. The minimum atomic E-state index is -3.44. The maximum atomic E-state index is 12.8. The van der Waals surface area contributed by atoms with E-state index in [0.29, 0.717) is 11.4 Å². The minimum Gasteiger partial charge on any atom is -0.324 e. The smallest absolute Gasteiger partial charge is 0.255 e. The molecular formula is C24H21ClN4O4S. The number of benzene rings is 3. The number of anilines is 2. The Morgan fingerprint density at radius 2 is 1.76 bits per heavy atom. The first-order chi connectivity index (χ1) is 16.1. The van der Waals surface area contributed by atoms with Crippen molar-refractivity contribution in [3.8, 4) is 0 Å². The van der Waals surface area contributed by atoms with Crippen LogP contribution in [-0.2, 0) is 14.6 Å². The summed E-state index contributed by atoms with van der Waals surface area (Å²) in [6, 6.07) is 17.5. The molecule has 174 valence electrons. The lowest BCUT2D eigenvalue weighted by Gasteiger charge is -2.15. The molecule has 0 spiro atoms. The number of fused-ring (bicyclic) bond motifs is 1. The van der Waals surface area contributed by atoms with Gasteiger partial charge in [0.25, 0.3) is 5.91 Å². The third-order valence-corrected chi connectivity index (χ3v) is 6.71. The lowest BCUT2D eigenvalue weighted by Crippen LogP contribution is -2.23. The van der Waals surface area contributed by atoms with Crippen molar-refractivity contribution in [2.24, 2.45) is 0 Å². The number of amides is 2. The molecule has 0 aliphatic carbocycles. The van der Waals surface area contributed by atoms with Crippen molar-refractivity contribution in [2.45, 2.75) is 17.9 Å². The van der Waals surface area contributed by atoms with Crippen LogP contribution in [0, 0.1) is 0 Å². The van der Waals surface area contributed by atoms with E-state index >= 15 is 0 Å². The van der Waals surface area contributed by atoms with Crippen LogP contribution in [0.1, 0.15) is 23.3 Å². The number of nitrogens with one attached hydrogen (secondary N) is 2. The summed E-state index contributed by atoms with van der Waals surface area (Å²) in [5, 5.41) is 5.69. The molecule has 2 N–H and O–H groups in total. The summed E-state index contributed by atoms with van der Waals surface area (Å²) in [5.74, 6) is -0.765. The first kappa shape index (κ1) is 23.5. The van der Waals surface area contributed by atoms with Gasteiger partial charge in [0.2, 0.25) is 5.91 Å². The Kier molecular flexibility index (Phi) is 6.41. The van der Waals surface area contributed by atoms with Gasteiger partial charge >= 0.3 is 0 Å². The van der Waals surface area contributed by atoms with Crippen LogP contribution in [-0.4, -0.2) is 36.0 Å². The molecule has 4 aromatic rings. The number of sulfone groups is 1. The molecule has 8 nitrogen and oxygen atoms in total. The van der Waals surface area contributed by atoms with Gasteiger partial charge in [-0.05, 0) is 55.5 Å². The second-order valence-electron chi connectivity index (χ2n) is 7.75. The van der Waals surface area contributed by atoms with E-state index in [1.165, 1.54) is 30.3 Å². The number of carbonyl (C=O) groups excluding carboxylic acids is 2. The molecule has 0 saturated carbocycles. The lowest BCUT2D eigenvalue weighted by molar-refractivity contribution is -0.118. The summed E-state index contributed by atoms with van der Waals surface area (Å²) in [6.07, 6.45) is 2.70. The van der Waals surface area contributed by atoms with Gasteiger partial charge in [-0.3, -0.25) is 9.59 Å². The van der Waals surface area contributed by atoms with E-state index in [-0.39, 0.29) is 21.4 Å². The number of carbonyl (C=O) groups is 2.